The number of carbonyl (C=O) groups excluding carboxylic acids is 3. The number of thioether (sulfide) groups is 1. The highest BCUT2D eigenvalue weighted by atomic mass is 32.2. The van der Waals surface area contributed by atoms with Crippen LogP contribution >= 0.6 is 11.8 Å². The normalized spacial score (nSPS) is 21.9. The van der Waals surface area contributed by atoms with Crippen molar-refractivity contribution in [3.8, 4) is 0 Å². The van der Waals surface area contributed by atoms with Crippen LogP contribution in [0.1, 0.15) is 39.5 Å². The summed E-state index contributed by atoms with van der Waals surface area (Å²) in [6, 6.07) is -0.381. The Balaban J connectivity index is 2.01. The van der Waals surface area contributed by atoms with E-state index in [4.69, 9.17) is 4.74 Å². The van der Waals surface area contributed by atoms with Crippen LogP contribution in [0, 0.1) is 0 Å². The molecule has 0 aliphatic carbocycles. The van der Waals surface area contributed by atoms with Crippen LogP contribution in [-0.2, 0) is 23.9 Å². The standard InChI is InChI=1S/C17H24N2O6S/c1-3-4-5-6-18-13-15(22)19-14(17(23)24)11(9-26-16(13)19)8-25-12(21)7-10(2)20/h13,16,18H,3-9H2,1-2H3,(H,23,24)/t13?,16-/m1/s1. The van der Waals surface area contributed by atoms with Gasteiger partial charge in [-0.1, -0.05) is 19.8 Å². The SMILES string of the molecule is CCCCCNC1C(=O)N2C(C(=O)O)=C(COC(=O)CC(C)=O)CS[C@H]12. The van der Waals surface area contributed by atoms with E-state index in [0.29, 0.717) is 11.3 Å². The van der Waals surface area contributed by atoms with Gasteiger partial charge in [-0.05, 0) is 19.9 Å². The Morgan fingerprint density at radius 2 is 2.08 bits per heavy atom. The predicted octanol–water partition coefficient (Wildman–Crippen LogP) is 0.911. The number of β-lactam (4-membered cyclic amide) rings is 1. The molecule has 0 saturated carbocycles. The number of ketones is 1. The minimum absolute atomic E-state index is 0.110. The van der Waals surface area contributed by atoms with Crippen molar-refractivity contribution in [1.29, 1.82) is 0 Å². The molecule has 144 valence electrons. The van der Waals surface area contributed by atoms with Gasteiger partial charge in [0.1, 0.15) is 35.9 Å². The number of amides is 1. The quantitative estimate of drug-likeness (QED) is 0.247. The molecule has 0 aromatic heterocycles. The van der Waals surface area contributed by atoms with E-state index in [1.165, 1.54) is 23.6 Å². The molecule has 1 fully saturated rings. The first-order valence-electron chi connectivity index (χ1n) is 8.65. The third kappa shape index (κ3) is 4.64. The zero-order chi connectivity index (χ0) is 19.3. The van der Waals surface area contributed by atoms with Crippen molar-refractivity contribution in [3.05, 3.63) is 11.3 Å². The van der Waals surface area contributed by atoms with Crippen molar-refractivity contribution in [2.75, 3.05) is 18.9 Å². The number of nitrogens with zero attached hydrogens (tertiary/aromatic N) is 1. The summed E-state index contributed by atoms with van der Waals surface area (Å²) >= 11 is 1.45. The number of rotatable bonds is 10. The summed E-state index contributed by atoms with van der Waals surface area (Å²) in [5.74, 6) is -2.16. The van der Waals surface area contributed by atoms with Crippen molar-refractivity contribution in [2.24, 2.45) is 0 Å². The molecule has 2 aliphatic heterocycles. The van der Waals surface area contributed by atoms with E-state index in [9.17, 15) is 24.3 Å². The summed E-state index contributed by atoms with van der Waals surface area (Å²) in [7, 11) is 0. The van der Waals surface area contributed by atoms with Gasteiger partial charge in [0.2, 0.25) is 5.91 Å². The maximum atomic E-state index is 12.4. The molecule has 2 heterocycles. The molecule has 0 spiro atoms. The predicted molar refractivity (Wildman–Crippen MR) is 95.3 cm³/mol. The van der Waals surface area contributed by atoms with Gasteiger partial charge in [0.05, 0.1) is 0 Å². The van der Waals surface area contributed by atoms with Gasteiger partial charge in [0, 0.05) is 11.3 Å². The Labute approximate surface area is 156 Å². The second-order valence-corrected chi connectivity index (χ2v) is 7.45. The zero-order valence-electron chi connectivity index (χ0n) is 14.9. The number of ether oxygens (including phenoxy) is 1. The molecule has 2 aliphatic rings. The third-order valence-electron chi connectivity index (χ3n) is 4.20. The molecule has 9 heteroatoms. The number of esters is 1. The van der Waals surface area contributed by atoms with Crippen LogP contribution in [0.4, 0.5) is 0 Å². The molecule has 0 radical (unpaired) electrons. The fourth-order valence-electron chi connectivity index (χ4n) is 2.90. The molecule has 1 unspecified atom stereocenters. The Bertz CT molecular complexity index is 633. The topological polar surface area (TPSA) is 113 Å². The number of hydrogen-bond donors (Lipinski definition) is 2. The maximum Gasteiger partial charge on any atom is 0.352 e. The van der Waals surface area contributed by atoms with Crippen LogP contribution in [-0.4, -0.2) is 64.0 Å². The van der Waals surface area contributed by atoms with Crippen molar-refractivity contribution >= 4 is 35.4 Å². The highest BCUT2D eigenvalue weighted by Gasteiger charge is 2.53. The summed E-state index contributed by atoms with van der Waals surface area (Å²) < 4.78 is 4.99. The number of carbonyl (C=O) groups is 4. The molecule has 1 saturated heterocycles. The molecule has 0 aromatic carbocycles. The fraction of sp³-hybridized carbons (Fsp3) is 0.647. The maximum absolute atomic E-state index is 12.4. The summed E-state index contributed by atoms with van der Waals surface area (Å²) in [6.45, 7) is 3.86. The van der Waals surface area contributed by atoms with Gasteiger partial charge in [-0.25, -0.2) is 4.79 Å². The summed E-state index contributed by atoms with van der Waals surface area (Å²) in [4.78, 5) is 47.7. The van der Waals surface area contributed by atoms with Crippen LogP contribution in [0.5, 0.6) is 0 Å². The first-order valence-corrected chi connectivity index (χ1v) is 9.70. The molecule has 0 aromatic rings. The van der Waals surface area contributed by atoms with Crippen LogP contribution in [0.25, 0.3) is 0 Å². The Hall–Kier alpha value is -1.87. The molecule has 1 amide bonds. The van der Waals surface area contributed by atoms with E-state index in [2.05, 4.69) is 12.2 Å². The lowest BCUT2D eigenvalue weighted by Gasteiger charge is -2.49. The highest BCUT2D eigenvalue weighted by molar-refractivity contribution is 8.00. The van der Waals surface area contributed by atoms with Gasteiger partial charge in [-0.3, -0.25) is 19.3 Å². The van der Waals surface area contributed by atoms with Crippen LogP contribution < -0.4 is 5.32 Å². The molecule has 2 rings (SSSR count). The Kier molecular flexibility index (Phi) is 7.22. The van der Waals surface area contributed by atoms with Crippen molar-refractivity contribution < 1.29 is 29.0 Å². The zero-order valence-corrected chi connectivity index (χ0v) is 15.8. The molecular weight excluding hydrogens is 360 g/mol. The van der Waals surface area contributed by atoms with Gasteiger partial charge >= 0.3 is 11.9 Å². The number of unbranched alkanes of at least 4 members (excludes halogenated alkanes) is 2. The van der Waals surface area contributed by atoms with E-state index in [1.54, 1.807) is 0 Å². The van der Waals surface area contributed by atoms with E-state index < -0.39 is 11.9 Å². The van der Waals surface area contributed by atoms with Crippen molar-refractivity contribution in [2.45, 2.75) is 50.9 Å². The van der Waals surface area contributed by atoms with Gasteiger partial charge in [-0.15, -0.1) is 11.8 Å². The molecule has 2 atom stereocenters. The number of hydrogen-bond acceptors (Lipinski definition) is 7. The lowest BCUT2D eigenvalue weighted by atomic mass is 10.0. The number of carboxylic acids is 1. The van der Waals surface area contributed by atoms with Gasteiger partial charge in [-0.2, -0.15) is 0 Å². The second-order valence-electron chi connectivity index (χ2n) is 6.35. The third-order valence-corrected chi connectivity index (χ3v) is 5.53. The Morgan fingerprint density at radius 3 is 2.69 bits per heavy atom. The minimum atomic E-state index is -1.22. The number of aliphatic carboxylic acids is 1. The van der Waals surface area contributed by atoms with Gasteiger partial charge < -0.3 is 15.2 Å². The number of nitrogens with one attached hydrogen (secondary N) is 1. The van der Waals surface area contributed by atoms with Crippen molar-refractivity contribution in [1.82, 2.24) is 10.2 Å². The Morgan fingerprint density at radius 1 is 1.35 bits per heavy atom. The van der Waals surface area contributed by atoms with E-state index in [1.807, 2.05) is 0 Å². The average Bonchev–Trinajstić information content (AvgIpc) is 2.58. The van der Waals surface area contributed by atoms with Crippen LogP contribution in [0.2, 0.25) is 0 Å². The lowest BCUT2D eigenvalue weighted by Crippen LogP contribution is -2.70. The first-order chi connectivity index (χ1) is 12.4. The number of carboxylic acid groups (broad SMARTS) is 1. The van der Waals surface area contributed by atoms with Crippen molar-refractivity contribution in [3.63, 3.8) is 0 Å². The summed E-state index contributed by atoms with van der Waals surface area (Å²) in [5.41, 5.74) is 0.259. The number of Topliss-reactive ketones (excluding diaryl/α,β-unsaturated/α-hetero) is 1. The summed E-state index contributed by atoms with van der Waals surface area (Å²) in [6.07, 6.45) is 2.78. The lowest BCUT2D eigenvalue weighted by molar-refractivity contribution is -0.149. The smallest absolute Gasteiger partial charge is 0.352 e. The monoisotopic (exact) mass is 384 g/mol. The van der Waals surface area contributed by atoms with Crippen LogP contribution in [0.3, 0.4) is 0 Å². The van der Waals surface area contributed by atoms with E-state index in [-0.39, 0.29) is 41.8 Å². The molecule has 2 N–H and O–H groups in total. The molecular formula is C17H24N2O6S. The summed E-state index contributed by atoms with van der Waals surface area (Å²) in [5, 5.41) is 12.5. The van der Waals surface area contributed by atoms with Crippen LogP contribution in [0.15, 0.2) is 11.3 Å². The molecule has 26 heavy (non-hydrogen) atoms. The van der Waals surface area contributed by atoms with Gasteiger partial charge in [0.25, 0.3) is 0 Å². The highest BCUT2D eigenvalue weighted by Crippen LogP contribution is 2.40. The second kappa shape index (κ2) is 9.18. The minimum Gasteiger partial charge on any atom is -0.477 e. The average molecular weight is 384 g/mol. The molecule has 0 bridgehead atoms. The number of fused-ring (bicyclic) bond motifs is 1. The van der Waals surface area contributed by atoms with E-state index >= 15 is 0 Å². The van der Waals surface area contributed by atoms with Gasteiger partial charge in [0.15, 0.2) is 0 Å². The largest absolute Gasteiger partial charge is 0.477 e. The van der Waals surface area contributed by atoms with E-state index in [0.717, 1.165) is 25.8 Å². The fourth-order valence-corrected chi connectivity index (χ4v) is 4.26. The molecule has 8 nitrogen and oxygen atoms in total. The first kappa shape index (κ1) is 20.4.